The van der Waals surface area contributed by atoms with Crippen LogP contribution in [0.15, 0.2) is 66.9 Å². The molecule has 0 aliphatic carbocycles. The standard InChI is InChI=1S/C30H30Cl2N4O2/c1-30(20-38-28-11-8-25(32)17-34-28)19-36(18-27(30)22-4-6-24(31)7-5-22)29(37)23-12-14-35(15-13-23)26-9-2-21(16-33)3-10-26/h2-11,17,23,27H,12-15,18-20H2,1H3/t27-,30-/m1/s1. The Hall–Kier alpha value is -3.27. The van der Waals surface area contributed by atoms with E-state index < -0.39 is 0 Å². The van der Waals surface area contributed by atoms with Crippen molar-refractivity contribution in [2.24, 2.45) is 11.3 Å². The van der Waals surface area contributed by atoms with Gasteiger partial charge in [0.2, 0.25) is 11.8 Å². The van der Waals surface area contributed by atoms with E-state index in [1.54, 1.807) is 18.3 Å². The number of benzene rings is 2. The van der Waals surface area contributed by atoms with Crippen molar-refractivity contribution in [3.63, 3.8) is 0 Å². The Morgan fingerprint density at radius 3 is 2.37 bits per heavy atom. The summed E-state index contributed by atoms with van der Waals surface area (Å²) in [5, 5.41) is 10.3. The van der Waals surface area contributed by atoms with Crippen molar-refractivity contribution in [1.82, 2.24) is 9.88 Å². The van der Waals surface area contributed by atoms with Crippen molar-refractivity contribution in [2.45, 2.75) is 25.7 Å². The minimum Gasteiger partial charge on any atom is -0.477 e. The SMILES string of the molecule is C[C@]1(COc2ccc(Cl)cn2)CN(C(=O)C2CCN(c3ccc(C#N)cc3)CC2)C[C@@H]1c1ccc(Cl)cc1. The van der Waals surface area contributed by atoms with Crippen LogP contribution in [0.3, 0.4) is 0 Å². The van der Waals surface area contributed by atoms with Gasteiger partial charge in [0.25, 0.3) is 0 Å². The molecule has 2 atom stereocenters. The van der Waals surface area contributed by atoms with E-state index in [-0.39, 0.29) is 23.2 Å². The molecule has 2 saturated heterocycles. The molecule has 0 N–H and O–H groups in total. The van der Waals surface area contributed by atoms with Gasteiger partial charge in [-0.15, -0.1) is 0 Å². The lowest BCUT2D eigenvalue weighted by Gasteiger charge is -2.35. The van der Waals surface area contributed by atoms with Crippen LogP contribution in [0.1, 0.15) is 36.8 Å². The molecule has 2 fully saturated rings. The highest BCUT2D eigenvalue weighted by atomic mass is 35.5. The molecule has 0 unspecified atom stereocenters. The molecule has 0 spiro atoms. The largest absolute Gasteiger partial charge is 0.477 e. The van der Waals surface area contributed by atoms with Gasteiger partial charge in [0, 0.05) is 66.4 Å². The first kappa shape index (κ1) is 26.3. The van der Waals surface area contributed by atoms with E-state index in [0.29, 0.717) is 41.2 Å². The number of carbonyl (C=O) groups is 1. The average Bonchev–Trinajstić information content (AvgIpc) is 3.30. The second-order valence-corrected chi connectivity index (χ2v) is 11.4. The van der Waals surface area contributed by atoms with E-state index in [0.717, 1.165) is 37.2 Å². The first-order chi connectivity index (χ1) is 18.3. The normalized spacial score (nSPS) is 21.8. The number of pyridine rings is 1. The molecule has 1 amide bonds. The fourth-order valence-corrected chi connectivity index (χ4v) is 5.88. The van der Waals surface area contributed by atoms with Crippen LogP contribution >= 0.6 is 23.2 Å². The number of likely N-dealkylation sites (tertiary alicyclic amines) is 1. The molecule has 8 heteroatoms. The van der Waals surface area contributed by atoms with Gasteiger partial charge in [-0.25, -0.2) is 4.98 Å². The monoisotopic (exact) mass is 548 g/mol. The summed E-state index contributed by atoms with van der Waals surface area (Å²) in [6, 6.07) is 21.3. The van der Waals surface area contributed by atoms with Gasteiger partial charge in [-0.05, 0) is 60.9 Å². The maximum Gasteiger partial charge on any atom is 0.225 e. The van der Waals surface area contributed by atoms with Crippen LogP contribution in [0.2, 0.25) is 10.0 Å². The summed E-state index contributed by atoms with van der Waals surface area (Å²) in [6.07, 6.45) is 3.19. The Kier molecular flexibility index (Phi) is 7.78. The zero-order valence-corrected chi connectivity index (χ0v) is 22.8. The predicted molar refractivity (Wildman–Crippen MR) is 150 cm³/mol. The van der Waals surface area contributed by atoms with Crippen LogP contribution in [-0.2, 0) is 4.79 Å². The Morgan fingerprint density at radius 1 is 1.05 bits per heavy atom. The fourth-order valence-electron chi connectivity index (χ4n) is 5.64. The molecule has 0 bridgehead atoms. The number of amides is 1. The van der Waals surface area contributed by atoms with E-state index in [2.05, 4.69) is 35.0 Å². The number of hydrogen-bond donors (Lipinski definition) is 0. The molecule has 38 heavy (non-hydrogen) atoms. The quantitative estimate of drug-likeness (QED) is 0.367. The van der Waals surface area contributed by atoms with Crippen molar-refractivity contribution in [1.29, 1.82) is 5.26 Å². The number of nitriles is 1. The van der Waals surface area contributed by atoms with E-state index in [1.807, 2.05) is 41.3 Å². The number of nitrogens with zero attached hydrogens (tertiary/aromatic N) is 4. The molecular weight excluding hydrogens is 519 g/mol. The van der Waals surface area contributed by atoms with Gasteiger partial charge < -0.3 is 14.5 Å². The molecule has 2 aliphatic rings. The summed E-state index contributed by atoms with van der Waals surface area (Å²) in [7, 11) is 0. The smallest absolute Gasteiger partial charge is 0.225 e. The van der Waals surface area contributed by atoms with Gasteiger partial charge in [-0.1, -0.05) is 42.3 Å². The zero-order valence-electron chi connectivity index (χ0n) is 21.3. The van der Waals surface area contributed by atoms with E-state index in [1.165, 1.54) is 0 Å². The minimum absolute atomic E-state index is 0.00306. The molecule has 3 aromatic rings. The average molecular weight is 550 g/mol. The van der Waals surface area contributed by atoms with Crippen LogP contribution < -0.4 is 9.64 Å². The third-order valence-corrected chi connectivity index (χ3v) is 8.31. The Morgan fingerprint density at radius 2 is 1.74 bits per heavy atom. The highest BCUT2D eigenvalue weighted by Crippen LogP contribution is 2.44. The molecular formula is C30H30Cl2N4O2. The Labute approximate surface area is 233 Å². The number of rotatable bonds is 6. The predicted octanol–water partition coefficient (Wildman–Crippen LogP) is 6.19. The Balaban J connectivity index is 1.27. The lowest BCUT2D eigenvalue weighted by atomic mass is 9.77. The van der Waals surface area contributed by atoms with Gasteiger partial charge in [0.1, 0.15) is 0 Å². The molecule has 2 aliphatic heterocycles. The number of halogens is 2. The van der Waals surface area contributed by atoms with Gasteiger partial charge in [-0.3, -0.25) is 4.79 Å². The number of hydrogen-bond acceptors (Lipinski definition) is 5. The lowest BCUT2D eigenvalue weighted by Crippen LogP contribution is -2.42. The van der Waals surface area contributed by atoms with Crippen LogP contribution in [-0.4, -0.2) is 48.6 Å². The third kappa shape index (κ3) is 5.75. The maximum absolute atomic E-state index is 13.7. The summed E-state index contributed by atoms with van der Waals surface area (Å²) in [6.45, 7) is 5.50. The maximum atomic E-state index is 13.7. The molecule has 3 heterocycles. The lowest BCUT2D eigenvalue weighted by molar-refractivity contribution is -0.135. The van der Waals surface area contributed by atoms with Gasteiger partial charge in [-0.2, -0.15) is 5.26 Å². The number of aromatic nitrogens is 1. The minimum atomic E-state index is -0.298. The number of carbonyl (C=O) groups excluding carboxylic acids is 1. The van der Waals surface area contributed by atoms with Gasteiger partial charge in [0.15, 0.2) is 0 Å². The van der Waals surface area contributed by atoms with E-state index >= 15 is 0 Å². The number of ether oxygens (including phenoxy) is 1. The first-order valence-electron chi connectivity index (χ1n) is 12.9. The number of piperidine rings is 1. The fraction of sp³-hybridized carbons (Fsp3) is 0.367. The number of anilines is 1. The van der Waals surface area contributed by atoms with Crippen molar-refractivity contribution >= 4 is 34.8 Å². The topological polar surface area (TPSA) is 69.5 Å². The summed E-state index contributed by atoms with van der Waals surface area (Å²) in [4.78, 5) is 22.3. The highest BCUT2D eigenvalue weighted by molar-refractivity contribution is 6.30. The summed E-state index contributed by atoms with van der Waals surface area (Å²) in [5.41, 5.74) is 2.60. The molecule has 2 aromatic carbocycles. The molecule has 1 aromatic heterocycles. The molecule has 5 rings (SSSR count). The molecule has 6 nitrogen and oxygen atoms in total. The van der Waals surface area contributed by atoms with Crippen LogP contribution in [0.25, 0.3) is 0 Å². The third-order valence-electron chi connectivity index (χ3n) is 7.84. The van der Waals surface area contributed by atoms with Gasteiger partial charge >= 0.3 is 0 Å². The summed E-state index contributed by atoms with van der Waals surface area (Å²) >= 11 is 12.1. The van der Waals surface area contributed by atoms with Crippen molar-refractivity contribution in [2.75, 3.05) is 37.7 Å². The van der Waals surface area contributed by atoms with E-state index in [9.17, 15) is 4.79 Å². The van der Waals surface area contributed by atoms with Crippen LogP contribution in [0.5, 0.6) is 5.88 Å². The highest BCUT2D eigenvalue weighted by Gasteiger charge is 2.47. The van der Waals surface area contributed by atoms with Gasteiger partial charge in [0.05, 0.1) is 23.3 Å². The van der Waals surface area contributed by atoms with Crippen LogP contribution in [0.4, 0.5) is 5.69 Å². The van der Waals surface area contributed by atoms with Crippen LogP contribution in [0, 0.1) is 22.7 Å². The summed E-state index contributed by atoms with van der Waals surface area (Å²) in [5.74, 6) is 0.841. The summed E-state index contributed by atoms with van der Waals surface area (Å²) < 4.78 is 6.12. The zero-order chi connectivity index (χ0) is 26.7. The van der Waals surface area contributed by atoms with Crippen molar-refractivity contribution in [3.05, 3.63) is 88.0 Å². The Bertz CT molecular complexity index is 1300. The second kappa shape index (κ2) is 11.2. The second-order valence-electron chi connectivity index (χ2n) is 10.5. The van der Waals surface area contributed by atoms with Crippen molar-refractivity contribution in [3.8, 4) is 11.9 Å². The molecule has 0 saturated carbocycles. The van der Waals surface area contributed by atoms with E-state index in [4.69, 9.17) is 33.2 Å². The van der Waals surface area contributed by atoms with Crippen molar-refractivity contribution < 1.29 is 9.53 Å². The molecule has 196 valence electrons. The molecule has 0 radical (unpaired) electrons. The first-order valence-corrected chi connectivity index (χ1v) is 13.6.